The number of nitrogens with zero attached hydrogens (tertiary/aromatic N) is 4. The van der Waals surface area contributed by atoms with Gasteiger partial charge in [0.15, 0.2) is 11.2 Å². The number of ether oxygens (including phenoxy) is 2. The third-order valence-corrected chi connectivity index (χ3v) is 4.85. The number of imidazole rings is 1. The van der Waals surface area contributed by atoms with Crippen molar-refractivity contribution in [1.82, 2.24) is 18.7 Å². The Kier molecular flexibility index (Phi) is 5.40. The van der Waals surface area contributed by atoms with Crippen molar-refractivity contribution >= 4 is 17.1 Å². The zero-order valence-electron chi connectivity index (χ0n) is 17.0. The predicted octanol–water partition coefficient (Wildman–Crippen LogP) is 1.97. The molecule has 0 fully saturated rings. The van der Waals surface area contributed by atoms with E-state index in [0.29, 0.717) is 17.1 Å². The average Bonchev–Trinajstić information content (AvgIpc) is 3.20. The molecule has 158 valence electrons. The monoisotopic (exact) mass is 420 g/mol. The van der Waals surface area contributed by atoms with Crippen LogP contribution in [0.25, 0.3) is 11.2 Å². The fourth-order valence-electron chi connectivity index (χ4n) is 3.20. The number of benzene rings is 2. The second kappa shape index (κ2) is 8.31. The Morgan fingerprint density at radius 2 is 1.68 bits per heavy atom. The number of aryl methyl sites for hydroxylation is 1. The molecular formula is C22H20N4O5. The van der Waals surface area contributed by atoms with Crippen molar-refractivity contribution in [2.75, 3.05) is 0 Å². The molecule has 4 aromatic rings. The topological polar surface area (TPSA) is 97.3 Å². The largest absolute Gasteiger partial charge is 0.459 e. The molecule has 0 aliphatic rings. The fourth-order valence-corrected chi connectivity index (χ4v) is 3.20. The molecule has 0 aliphatic carbocycles. The first-order valence-electron chi connectivity index (χ1n) is 9.53. The van der Waals surface area contributed by atoms with Gasteiger partial charge in [-0.3, -0.25) is 18.7 Å². The van der Waals surface area contributed by atoms with Gasteiger partial charge in [-0.2, -0.15) is 0 Å². The van der Waals surface area contributed by atoms with Gasteiger partial charge in [0.05, 0.1) is 6.33 Å². The van der Waals surface area contributed by atoms with Gasteiger partial charge in [-0.25, -0.2) is 9.78 Å². The quantitative estimate of drug-likeness (QED) is 0.443. The zero-order chi connectivity index (χ0) is 22.0. The molecule has 0 saturated carbocycles. The number of esters is 1. The normalized spacial score (nSPS) is 10.9. The van der Waals surface area contributed by atoms with Crippen LogP contribution < -0.4 is 16.0 Å². The minimum atomic E-state index is -0.551. The minimum absolute atomic E-state index is 0.00493. The summed E-state index contributed by atoms with van der Waals surface area (Å²) in [4.78, 5) is 41.1. The maximum atomic E-state index is 12.5. The molecule has 2 heterocycles. The molecule has 0 atom stereocenters. The summed E-state index contributed by atoms with van der Waals surface area (Å²) in [7, 11) is 2.90. The second-order valence-electron chi connectivity index (χ2n) is 6.93. The van der Waals surface area contributed by atoms with Crippen LogP contribution in [0.3, 0.4) is 0 Å². The van der Waals surface area contributed by atoms with Crippen LogP contribution in [0.2, 0.25) is 0 Å². The number of carbonyl (C=O) groups excluding carboxylic acids is 1. The third kappa shape index (κ3) is 3.97. The average molecular weight is 420 g/mol. The number of aromatic nitrogens is 4. The number of rotatable bonds is 6. The van der Waals surface area contributed by atoms with E-state index < -0.39 is 17.2 Å². The minimum Gasteiger partial charge on any atom is -0.459 e. The van der Waals surface area contributed by atoms with E-state index in [9.17, 15) is 14.4 Å². The highest BCUT2D eigenvalue weighted by atomic mass is 16.5. The smallest absolute Gasteiger partial charge is 0.332 e. The Balaban J connectivity index is 1.50. The maximum absolute atomic E-state index is 12.5. The SMILES string of the molecule is Cn1c(=O)c2c(ncn2CC(=O)OCc2ccccc2Oc2ccccc2)n(C)c1=O. The molecule has 0 N–H and O–H groups in total. The van der Waals surface area contributed by atoms with Crippen LogP contribution in [-0.2, 0) is 36.8 Å². The first-order valence-corrected chi connectivity index (χ1v) is 9.53. The highest BCUT2D eigenvalue weighted by molar-refractivity contribution is 5.75. The Bertz CT molecular complexity index is 1370. The van der Waals surface area contributed by atoms with Gasteiger partial charge in [0.25, 0.3) is 5.56 Å². The summed E-state index contributed by atoms with van der Waals surface area (Å²) in [5.41, 5.74) is 0.0655. The number of carbonyl (C=O) groups is 1. The van der Waals surface area contributed by atoms with E-state index in [1.807, 2.05) is 48.5 Å². The molecule has 0 spiro atoms. The fraction of sp³-hybridized carbons (Fsp3) is 0.182. The van der Waals surface area contributed by atoms with Crippen LogP contribution in [0.5, 0.6) is 11.5 Å². The van der Waals surface area contributed by atoms with Crippen molar-refractivity contribution in [2.24, 2.45) is 14.1 Å². The van der Waals surface area contributed by atoms with E-state index in [0.717, 1.165) is 4.57 Å². The highest BCUT2D eigenvalue weighted by Gasteiger charge is 2.17. The number of hydrogen-bond donors (Lipinski definition) is 0. The number of hydrogen-bond acceptors (Lipinski definition) is 6. The number of fused-ring (bicyclic) bond motifs is 1. The Morgan fingerprint density at radius 3 is 2.45 bits per heavy atom. The van der Waals surface area contributed by atoms with Crippen molar-refractivity contribution in [3.63, 3.8) is 0 Å². The summed E-state index contributed by atoms with van der Waals surface area (Å²) >= 11 is 0. The van der Waals surface area contributed by atoms with Crippen LogP contribution >= 0.6 is 0 Å². The van der Waals surface area contributed by atoms with Gasteiger partial charge in [-0.1, -0.05) is 36.4 Å². The molecule has 0 bridgehead atoms. The molecule has 4 rings (SSSR count). The van der Waals surface area contributed by atoms with E-state index in [4.69, 9.17) is 9.47 Å². The summed E-state index contributed by atoms with van der Waals surface area (Å²) in [6.07, 6.45) is 1.35. The Hall–Kier alpha value is -4.14. The van der Waals surface area contributed by atoms with Gasteiger partial charge in [0.2, 0.25) is 0 Å². The third-order valence-electron chi connectivity index (χ3n) is 4.85. The van der Waals surface area contributed by atoms with Crippen molar-refractivity contribution in [3.8, 4) is 11.5 Å². The van der Waals surface area contributed by atoms with Gasteiger partial charge < -0.3 is 14.0 Å². The van der Waals surface area contributed by atoms with E-state index >= 15 is 0 Å². The molecule has 0 amide bonds. The lowest BCUT2D eigenvalue weighted by Gasteiger charge is -2.12. The lowest BCUT2D eigenvalue weighted by molar-refractivity contribution is -0.145. The molecule has 0 aliphatic heterocycles. The van der Waals surface area contributed by atoms with Crippen LogP contribution in [-0.4, -0.2) is 24.7 Å². The number of para-hydroxylation sites is 2. The van der Waals surface area contributed by atoms with Gasteiger partial charge in [0.1, 0.15) is 24.7 Å². The summed E-state index contributed by atoms with van der Waals surface area (Å²) in [6.45, 7) is -0.212. The summed E-state index contributed by atoms with van der Waals surface area (Å²) in [6, 6.07) is 16.6. The lowest BCUT2D eigenvalue weighted by Crippen LogP contribution is -2.37. The molecule has 31 heavy (non-hydrogen) atoms. The molecule has 2 aromatic carbocycles. The Labute approximate surface area is 176 Å². The van der Waals surface area contributed by atoms with Gasteiger partial charge in [-0.05, 0) is 18.2 Å². The first-order chi connectivity index (χ1) is 15.0. The van der Waals surface area contributed by atoms with Crippen molar-refractivity contribution in [2.45, 2.75) is 13.2 Å². The molecular weight excluding hydrogens is 400 g/mol. The molecule has 0 unspecified atom stereocenters. The predicted molar refractivity (Wildman–Crippen MR) is 113 cm³/mol. The molecule has 9 heteroatoms. The van der Waals surface area contributed by atoms with Crippen molar-refractivity contribution in [1.29, 1.82) is 0 Å². The van der Waals surface area contributed by atoms with E-state index in [1.54, 1.807) is 6.07 Å². The highest BCUT2D eigenvalue weighted by Crippen LogP contribution is 2.25. The van der Waals surface area contributed by atoms with Crippen molar-refractivity contribution < 1.29 is 14.3 Å². The zero-order valence-corrected chi connectivity index (χ0v) is 17.0. The van der Waals surface area contributed by atoms with E-state index in [1.165, 1.54) is 29.6 Å². The van der Waals surface area contributed by atoms with Crippen molar-refractivity contribution in [3.05, 3.63) is 87.3 Å². The summed E-state index contributed by atoms with van der Waals surface area (Å²) < 4.78 is 14.9. The molecule has 0 saturated heterocycles. The van der Waals surface area contributed by atoms with Gasteiger partial charge in [-0.15, -0.1) is 0 Å². The standard InChI is InChI=1S/C22H20N4O5/c1-24-20-19(21(28)25(2)22(24)29)26(14-23-20)12-18(27)30-13-15-8-6-7-11-17(15)31-16-9-4-3-5-10-16/h3-11,14H,12-13H2,1-2H3. The molecule has 9 nitrogen and oxygen atoms in total. The van der Waals surface area contributed by atoms with Gasteiger partial charge >= 0.3 is 11.7 Å². The first kappa shape index (κ1) is 20.1. The van der Waals surface area contributed by atoms with Crippen LogP contribution in [0.15, 0.2) is 70.5 Å². The van der Waals surface area contributed by atoms with Gasteiger partial charge in [0, 0.05) is 19.7 Å². The van der Waals surface area contributed by atoms with Crippen LogP contribution in [0, 0.1) is 0 Å². The summed E-state index contributed by atoms with van der Waals surface area (Å²) in [5, 5.41) is 0. The lowest BCUT2D eigenvalue weighted by atomic mass is 10.2. The maximum Gasteiger partial charge on any atom is 0.332 e. The van der Waals surface area contributed by atoms with E-state index in [2.05, 4.69) is 4.98 Å². The Morgan fingerprint density at radius 1 is 0.968 bits per heavy atom. The summed E-state index contributed by atoms with van der Waals surface area (Å²) in [5.74, 6) is 0.704. The van der Waals surface area contributed by atoms with Crippen LogP contribution in [0.1, 0.15) is 5.56 Å². The van der Waals surface area contributed by atoms with Crippen LogP contribution in [0.4, 0.5) is 0 Å². The van der Waals surface area contributed by atoms with E-state index in [-0.39, 0.29) is 24.3 Å². The second-order valence-corrected chi connectivity index (χ2v) is 6.93. The molecule has 0 radical (unpaired) electrons. The molecule has 2 aromatic heterocycles.